The SMILES string of the molecule is CC(OCCOc1cccc(N)c1)C(F)(F)F. The van der Waals surface area contributed by atoms with Crippen molar-refractivity contribution in [1.82, 2.24) is 0 Å². The van der Waals surface area contributed by atoms with E-state index in [1.807, 2.05) is 0 Å². The number of nitrogens with two attached hydrogens (primary N) is 1. The molecule has 1 rings (SSSR count). The van der Waals surface area contributed by atoms with Crippen LogP contribution in [0.1, 0.15) is 6.92 Å². The summed E-state index contributed by atoms with van der Waals surface area (Å²) in [6, 6.07) is 6.65. The molecule has 0 bridgehead atoms. The molecular weight excluding hydrogens is 235 g/mol. The molecule has 1 unspecified atom stereocenters. The highest BCUT2D eigenvalue weighted by atomic mass is 19.4. The maximum Gasteiger partial charge on any atom is 0.414 e. The van der Waals surface area contributed by atoms with E-state index in [1.54, 1.807) is 24.3 Å². The largest absolute Gasteiger partial charge is 0.491 e. The second kappa shape index (κ2) is 5.77. The van der Waals surface area contributed by atoms with E-state index in [1.165, 1.54) is 0 Å². The van der Waals surface area contributed by atoms with E-state index >= 15 is 0 Å². The molecule has 6 heteroatoms. The van der Waals surface area contributed by atoms with Crippen LogP contribution in [-0.2, 0) is 4.74 Å². The van der Waals surface area contributed by atoms with Crippen LogP contribution in [0.15, 0.2) is 24.3 Å². The number of alkyl halides is 3. The Morgan fingerprint density at radius 2 is 2.00 bits per heavy atom. The molecule has 0 aliphatic rings. The quantitative estimate of drug-likeness (QED) is 0.644. The van der Waals surface area contributed by atoms with Gasteiger partial charge >= 0.3 is 6.18 Å². The van der Waals surface area contributed by atoms with Gasteiger partial charge in [-0.25, -0.2) is 0 Å². The molecule has 3 nitrogen and oxygen atoms in total. The molecule has 0 heterocycles. The fraction of sp³-hybridized carbons (Fsp3) is 0.455. The smallest absolute Gasteiger partial charge is 0.414 e. The Hall–Kier alpha value is -1.43. The van der Waals surface area contributed by atoms with Gasteiger partial charge in [-0.3, -0.25) is 0 Å². The second-order valence-electron chi connectivity index (χ2n) is 3.48. The number of hydrogen-bond donors (Lipinski definition) is 1. The predicted molar refractivity (Wildman–Crippen MR) is 57.8 cm³/mol. The van der Waals surface area contributed by atoms with Gasteiger partial charge in [0.25, 0.3) is 0 Å². The van der Waals surface area contributed by atoms with Crippen molar-refractivity contribution in [3.8, 4) is 5.75 Å². The maximum absolute atomic E-state index is 12.1. The van der Waals surface area contributed by atoms with Crippen LogP contribution in [0.25, 0.3) is 0 Å². The van der Waals surface area contributed by atoms with Gasteiger partial charge in [0.2, 0.25) is 0 Å². The first-order valence-electron chi connectivity index (χ1n) is 5.06. The molecule has 0 aliphatic heterocycles. The van der Waals surface area contributed by atoms with Crippen molar-refractivity contribution in [3.63, 3.8) is 0 Å². The first-order chi connectivity index (χ1) is 7.89. The highest BCUT2D eigenvalue weighted by Gasteiger charge is 2.36. The lowest BCUT2D eigenvalue weighted by Crippen LogP contribution is -2.29. The molecule has 0 radical (unpaired) electrons. The zero-order chi connectivity index (χ0) is 12.9. The Morgan fingerprint density at radius 1 is 1.29 bits per heavy atom. The van der Waals surface area contributed by atoms with Crippen LogP contribution in [-0.4, -0.2) is 25.5 Å². The molecule has 0 fully saturated rings. The first kappa shape index (κ1) is 13.6. The van der Waals surface area contributed by atoms with Gasteiger partial charge in [-0.15, -0.1) is 0 Å². The number of hydrogen-bond acceptors (Lipinski definition) is 3. The lowest BCUT2D eigenvalue weighted by molar-refractivity contribution is -0.215. The average molecular weight is 249 g/mol. The number of rotatable bonds is 5. The Morgan fingerprint density at radius 3 is 2.59 bits per heavy atom. The molecule has 0 aromatic heterocycles. The standard InChI is InChI=1S/C11H14F3NO2/c1-8(11(12,13)14)16-5-6-17-10-4-2-3-9(15)7-10/h2-4,7-8H,5-6,15H2,1H3. The van der Waals surface area contributed by atoms with Crippen molar-refractivity contribution in [2.45, 2.75) is 19.2 Å². The third kappa shape index (κ3) is 4.95. The molecule has 0 aliphatic carbocycles. The van der Waals surface area contributed by atoms with Gasteiger partial charge in [-0.2, -0.15) is 13.2 Å². The van der Waals surface area contributed by atoms with Gasteiger partial charge in [0, 0.05) is 11.8 Å². The Kier molecular flexibility index (Phi) is 4.62. The molecule has 2 N–H and O–H groups in total. The molecular formula is C11H14F3NO2. The minimum atomic E-state index is -4.34. The summed E-state index contributed by atoms with van der Waals surface area (Å²) in [5.41, 5.74) is 6.04. The highest BCUT2D eigenvalue weighted by Crippen LogP contribution is 2.22. The molecule has 0 amide bonds. The van der Waals surface area contributed by atoms with E-state index < -0.39 is 12.3 Å². The van der Waals surface area contributed by atoms with Crippen molar-refractivity contribution in [1.29, 1.82) is 0 Å². The lowest BCUT2D eigenvalue weighted by Gasteiger charge is -2.16. The number of ether oxygens (including phenoxy) is 2. The summed E-state index contributed by atoms with van der Waals surface area (Å²) in [7, 11) is 0. The number of anilines is 1. The summed E-state index contributed by atoms with van der Waals surface area (Å²) in [5, 5.41) is 0. The Bertz CT molecular complexity index is 355. The molecule has 1 aromatic carbocycles. The highest BCUT2D eigenvalue weighted by molar-refractivity contribution is 5.43. The van der Waals surface area contributed by atoms with E-state index in [0.29, 0.717) is 11.4 Å². The van der Waals surface area contributed by atoms with Crippen LogP contribution >= 0.6 is 0 Å². The van der Waals surface area contributed by atoms with Crippen LogP contribution in [0, 0.1) is 0 Å². The van der Waals surface area contributed by atoms with Gasteiger partial charge in [0.1, 0.15) is 12.4 Å². The van der Waals surface area contributed by atoms with Crippen LogP contribution in [0.4, 0.5) is 18.9 Å². The summed E-state index contributed by atoms with van der Waals surface area (Å²) >= 11 is 0. The van der Waals surface area contributed by atoms with Gasteiger partial charge in [0.05, 0.1) is 6.61 Å². The van der Waals surface area contributed by atoms with Crippen LogP contribution in [0.2, 0.25) is 0 Å². The number of benzene rings is 1. The normalized spacial score (nSPS) is 13.4. The van der Waals surface area contributed by atoms with E-state index in [-0.39, 0.29) is 13.2 Å². The van der Waals surface area contributed by atoms with Crippen molar-refractivity contribution < 1.29 is 22.6 Å². The van der Waals surface area contributed by atoms with Crippen molar-refractivity contribution in [2.24, 2.45) is 0 Å². The minimum Gasteiger partial charge on any atom is -0.491 e. The summed E-state index contributed by atoms with van der Waals surface area (Å²) in [6.07, 6.45) is -6.12. The Labute approximate surface area is 97.3 Å². The van der Waals surface area contributed by atoms with Gasteiger partial charge in [-0.1, -0.05) is 6.07 Å². The topological polar surface area (TPSA) is 44.5 Å². The minimum absolute atomic E-state index is 0.0455. The predicted octanol–water partition coefficient (Wildman–Crippen LogP) is 2.62. The fourth-order valence-electron chi connectivity index (χ4n) is 1.08. The van der Waals surface area contributed by atoms with Gasteiger partial charge in [0.15, 0.2) is 6.10 Å². The monoisotopic (exact) mass is 249 g/mol. The molecule has 0 saturated heterocycles. The summed E-state index contributed by atoms with van der Waals surface area (Å²) in [5.74, 6) is 0.508. The van der Waals surface area contributed by atoms with E-state index in [4.69, 9.17) is 10.5 Å². The zero-order valence-corrected chi connectivity index (χ0v) is 9.33. The van der Waals surface area contributed by atoms with Gasteiger partial charge in [-0.05, 0) is 19.1 Å². The molecule has 0 saturated carbocycles. The molecule has 96 valence electrons. The second-order valence-corrected chi connectivity index (χ2v) is 3.48. The molecule has 0 spiro atoms. The van der Waals surface area contributed by atoms with Gasteiger partial charge < -0.3 is 15.2 Å². The van der Waals surface area contributed by atoms with Crippen molar-refractivity contribution in [2.75, 3.05) is 18.9 Å². The van der Waals surface area contributed by atoms with Crippen molar-refractivity contribution >= 4 is 5.69 Å². The molecule has 17 heavy (non-hydrogen) atoms. The third-order valence-corrected chi connectivity index (χ3v) is 2.04. The lowest BCUT2D eigenvalue weighted by atomic mass is 10.3. The molecule has 1 atom stereocenters. The third-order valence-electron chi connectivity index (χ3n) is 2.04. The maximum atomic E-state index is 12.1. The van der Waals surface area contributed by atoms with Crippen LogP contribution < -0.4 is 10.5 Å². The van der Waals surface area contributed by atoms with E-state index in [2.05, 4.69) is 4.74 Å². The Balaban J connectivity index is 2.25. The van der Waals surface area contributed by atoms with E-state index in [0.717, 1.165) is 6.92 Å². The molecule has 1 aromatic rings. The van der Waals surface area contributed by atoms with Crippen LogP contribution in [0.5, 0.6) is 5.75 Å². The fourth-order valence-corrected chi connectivity index (χ4v) is 1.08. The number of nitrogen functional groups attached to an aromatic ring is 1. The average Bonchev–Trinajstić information content (AvgIpc) is 2.23. The number of halogens is 3. The summed E-state index contributed by atoms with van der Waals surface area (Å²) in [4.78, 5) is 0. The first-order valence-corrected chi connectivity index (χ1v) is 5.06. The van der Waals surface area contributed by atoms with Crippen molar-refractivity contribution in [3.05, 3.63) is 24.3 Å². The zero-order valence-electron chi connectivity index (χ0n) is 9.33. The van der Waals surface area contributed by atoms with Crippen LogP contribution in [0.3, 0.4) is 0 Å². The van der Waals surface area contributed by atoms with E-state index in [9.17, 15) is 13.2 Å². The summed E-state index contributed by atoms with van der Waals surface area (Å²) in [6.45, 7) is 0.875. The summed E-state index contributed by atoms with van der Waals surface area (Å²) < 4.78 is 46.0.